The molecule has 4 heteroatoms. The fourth-order valence-corrected chi connectivity index (χ4v) is 2.36. The van der Waals surface area contributed by atoms with E-state index in [9.17, 15) is 9.90 Å². The molecule has 0 aromatic heterocycles. The number of carbonyl (C=O) groups is 1. The summed E-state index contributed by atoms with van der Waals surface area (Å²) in [6.07, 6.45) is 0. The molecule has 1 unspecified atom stereocenters. The molecule has 0 aliphatic carbocycles. The van der Waals surface area contributed by atoms with E-state index in [-0.39, 0.29) is 17.4 Å². The van der Waals surface area contributed by atoms with Gasteiger partial charge in [-0.2, -0.15) is 0 Å². The van der Waals surface area contributed by atoms with Gasteiger partial charge in [0.15, 0.2) is 0 Å². The zero-order chi connectivity index (χ0) is 15.6. The van der Waals surface area contributed by atoms with Crippen molar-refractivity contribution in [3.05, 3.63) is 58.7 Å². The molecule has 0 heterocycles. The first-order valence-electron chi connectivity index (χ1n) is 6.79. The number of carboxylic acid groups (broad SMARTS) is 1. The van der Waals surface area contributed by atoms with Crippen LogP contribution in [-0.2, 0) is 0 Å². The van der Waals surface area contributed by atoms with Gasteiger partial charge < -0.3 is 15.5 Å². The first-order chi connectivity index (χ1) is 9.90. The third-order valence-electron chi connectivity index (χ3n) is 3.59. The molecule has 0 aliphatic rings. The van der Waals surface area contributed by atoms with Gasteiger partial charge >= 0.3 is 5.97 Å². The Morgan fingerprint density at radius 1 is 1.19 bits per heavy atom. The van der Waals surface area contributed by atoms with Gasteiger partial charge in [0, 0.05) is 11.3 Å². The first-order valence-corrected chi connectivity index (χ1v) is 6.79. The van der Waals surface area contributed by atoms with Crippen molar-refractivity contribution in [3.8, 4) is 5.75 Å². The molecule has 2 rings (SSSR count). The van der Waals surface area contributed by atoms with Crippen molar-refractivity contribution in [2.24, 2.45) is 0 Å². The molecule has 110 valence electrons. The minimum Gasteiger partial charge on any atom is -0.508 e. The number of rotatable bonds is 4. The van der Waals surface area contributed by atoms with Crippen molar-refractivity contribution in [2.45, 2.75) is 26.8 Å². The normalized spacial score (nSPS) is 12.0. The number of hydrogen-bond donors (Lipinski definition) is 3. The number of phenols is 1. The number of aryl methyl sites for hydroxylation is 1. The summed E-state index contributed by atoms with van der Waals surface area (Å²) in [7, 11) is 0. The third kappa shape index (κ3) is 3.16. The predicted molar refractivity (Wildman–Crippen MR) is 83.0 cm³/mol. The summed E-state index contributed by atoms with van der Waals surface area (Å²) in [4.78, 5) is 11.2. The molecule has 0 saturated carbocycles. The summed E-state index contributed by atoms with van der Waals surface area (Å²) in [5.41, 5.74) is 3.57. The largest absolute Gasteiger partial charge is 0.508 e. The summed E-state index contributed by atoms with van der Waals surface area (Å²) < 4.78 is 0. The second-order valence-corrected chi connectivity index (χ2v) is 5.21. The number of hydrogen-bond acceptors (Lipinski definition) is 3. The maximum absolute atomic E-state index is 11.2. The summed E-state index contributed by atoms with van der Waals surface area (Å²) in [6, 6.07) is 10.4. The van der Waals surface area contributed by atoms with Crippen LogP contribution in [0, 0.1) is 13.8 Å². The van der Waals surface area contributed by atoms with E-state index in [1.54, 1.807) is 25.1 Å². The maximum Gasteiger partial charge on any atom is 0.336 e. The lowest BCUT2D eigenvalue weighted by Gasteiger charge is -2.19. The van der Waals surface area contributed by atoms with E-state index in [0.29, 0.717) is 5.56 Å². The molecule has 0 fully saturated rings. The minimum absolute atomic E-state index is 0.132. The van der Waals surface area contributed by atoms with Gasteiger partial charge in [-0.25, -0.2) is 4.79 Å². The number of aromatic hydroxyl groups is 1. The van der Waals surface area contributed by atoms with Crippen molar-refractivity contribution < 1.29 is 15.0 Å². The Balaban J connectivity index is 2.32. The molecule has 2 aromatic rings. The van der Waals surface area contributed by atoms with E-state index < -0.39 is 5.97 Å². The van der Waals surface area contributed by atoms with Gasteiger partial charge in [-0.3, -0.25) is 0 Å². The van der Waals surface area contributed by atoms with E-state index in [2.05, 4.69) is 5.32 Å². The zero-order valence-corrected chi connectivity index (χ0v) is 12.3. The van der Waals surface area contributed by atoms with Crippen LogP contribution in [0.25, 0.3) is 0 Å². The lowest BCUT2D eigenvalue weighted by Crippen LogP contribution is -2.10. The predicted octanol–water partition coefficient (Wildman–Crippen LogP) is 3.88. The monoisotopic (exact) mass is 285 g/mol. The summed E-state index contributed by atoms with van der Waals surface area (Å²) in [5.74, 6) is -0.713. The minimum atomic E-state index is -0.942. The average Bonchev–Trinajstić information content (AvgIpc) is 2.43. The Hall–Kier alpha value is -2.49. The first kappa shape index (κ1) is 14.9. The van der Waals surface area contributed by atoms with Crippen molar-refractivity contribution in [1.29, 1.82) is 0 Å². The molecule has 0 saturated heterocycles. The Morgan fingerprint density at radius 2 is 1.90 bits per heavy atom. The van der Waals surface area contributed by atoms with Crippen LogP contribution in [0.2, 0.25) is 0 Å². The molecule has 0 amide bonds. The van der Waals surface area contributed by atoms with Gasteiger partial charge in [-0.15, -0.1) is 0 Å². The quantitative estimate of drug-likeness (QED) is 0.797. The fraction of sp³-hybridized carbons (Fsp3) is 0.235. The van der Waals surface area contributed by atoms with E-state index in [0.717, 1.165) is 16.8 Å². The number of phenolic OH excluding ortho intramolecular Hbond substituents is 1. The number of anilines is 1. The van der Waals surface area contributed by atoms with Gasteiger partial charge in [-0.05, 0) is 44.5 Å². The van der Waals surface area contributed by atoms with Gasteiger partial charge in [0.05, 0.1) is 11.6 Å². The third-order valence-corrected chi connectivity index (χ3v) is 3.59. The highest BCUT2D eigenvalue weighted by Crippen LogP contribution is 2.29. The molecule has 3 N–H and O–H groups in total. The van der Waals surface area contributed by atoms with Crippen molar-refractivity contribution in [3.63, 3.8) is 0 Å². The highest BCUT2D eigenvalue weighted by atomic mass is 16.4. The Morgan fingerprint density at radius 3 is 2.57 bits per heavy atom. The van der Waals surface area contributed by atoms with Crippen molar-refractivity contribution in [2.75, 3.05) is 5.32 Å². The van der Waals surface area contributed by atoms with Crippen LogP contribution >= 0.6 is 0 Å². The molecule has 0 spiro atoms. The lowest BCUT2D eigenvalue weighted by atomic mass is 10.0. The van der Waals surface area contributed by atoms with Crippen LogP contribution in [0.5, 0.6) is 5.75 Å². The fourth-order valence-electron chi connectivity index (χ4n) is 2.36. The molecular weight excluding hydrogens is 266 g/mol. The number of benzene rings is 2. The van der Waals surface area contributed by atoms with Crippen LogP contribution in [0.4, 0.5) is 5.69 Å². The number of nitrogens with one attached hydrogen (secondary N) is 1. The van der Waals surface area contributed by atoms with E-state index >= 15 is 0 Å². The molecule has 0 bridgehead atoms. The highest BCUT2D eigenvalue weighted by Gasteiger charge is 2.14. The SMILES string of the molecule is Cc1ccc(O)c(C(C)Nc2cccc(C(=O)O)c2C)c1. The second kappa shape index (κ2) is 5.87. The smallest absolute Gasteiger partial charge is 0.336 e. The molecule has 2 aromatic carbocycles. The Bertz CT molecular complexity index is 680. The summed E-state index contributed by atoms with van der Waals surface area (Å²) in [6.45, 7) is 5.67. The van der Waals surface area contributed by atoms with E-state index in [1.807, 2.05) is 32.0 Å². The standard InChI is InChI=1S/C17H19NO3/c1-10-7-8-16(19)14(9-10)12(3)18-15-6-4-5-13(11(15)2)17(20)21/h4-9,12,18-19H,1-3H3,(H,20,21). The van der Waals surface area contributed by atoms with Gasteiger partial charge in [-0.1, -0.05) is 23.8 Å². The van der Waals surface area contributed by atoms with Crippen molar-refractivity contribution >= 4 is 11.7 Å². The molecule has 4 nitrogen and oxygen atoms in total. The molecular formula is C17H19NO3. The molecule has 0 aliphatic heterocycles. The van der Waals surface area contributed by atoms with E-state index in [4.69, 9.17) is 5.11 Å². The molecule has 1 atom stereocenters. The van der Waals surface area contributed by atoms with Gasteiger partial charge in [0.1, 0.15) is 5.75 Å². The van der Waals surface area contributed by atoms with Gasteiger partial charge in [0.2, 0.25) is 0 Å². The number of carboxylic acids is 1. The molecule has 0 radical (unpaired) electrons. The van der Waals surface area contributed by atoms with Gasteiger partial charge in [0.25, 0.3) is 0 Å². The van der Waals surface area contributed by atoms with Crippen molar-refractivity contribution in [1.82, 2.24) is 0 Å². The lowest BCUT2D eigenvalue weighted by molar-refractivity contribution is 0.0696. The highest BCUT2D eigenvalue weighted by molar-refractivity contribution is 5.91. The second-order valence-electron chi connectivity index (χ2n) is 5.21. The maximum atomic E-state index is 11.2. The molecule has 21 heavy (non-hydrogen) atoms. The Labute approximate surface area is 124 Å². The summed E-state index contributed by atoms with van der Waals surface area (Å²) in [5, 5.41) is 22.4. The van der Waals surface area contributed by atoms with Crippen LogP contribution in [-0.4, -0.2) is 16.2 Å². The van der Waals surface area contributed by atoms with Crippen LogP contribution in [0.3, 0.4) is 0 Å². The van der Waals surface area contributed by atoms with Crippen LogP contribution in [0.1, 0.15) is 40.0 Å². The van der Waals surface area contributed by atoms with Crippen LogP contribution < -0.4 is 5.32 Å². The topological polar surface area (TPSA) is 69.6 Å². The van der Waals surface area contributed by atoms with E-state index in [1.165, 1.54) is 0 Å². The zero-order valence-electron chi connectivity index (χ0n) is 12.3. The summed E-state index contributed by atoms with van der Waals surface area (Å²) >= 11 is 0. The number of aromatic carboxylic acids is 1. The van der Waals surface area contributed by atoms with Crippen LogP contribution in [0.15, 0.2) is 36.4 Å². The Kier molecular flexibility index (Phi) is 4.17. The average molecular weight is 285 g/mol.